The van der Waals surface area contributed by atoms with Crippen molar-refractivity contribution < 1.29 is 13.2 Å². The molecule has 8 nitrogen and oxygen atoms in total. The van der Waals surface area contributed by atoms with Crippen molar-refractivity contribution in [2.75, 3.05) is 19.6 Å². The highest BCUT2D eigenvalue weighted by molar-refractivity contribution is 7.89. The standard InChI is InChI=1S/C35H39Cl2N5O3S/c1-23-39-29-9-5-6-10-30(29)42(23)27-21-25-11-12-26(22-27)41(25)20-17-35(24-7-3-2-4-8-24)15-18-40(19-16-35)34(43)32-28(36)13-14-31(33(32)37)46(38,44)45/h2-10,13-14,25-27H,11-12,15-22H2,1H3,(H2,38,44,45)/t25-,26+,27+. The summed E-state index contributed by atoms with van der Waals surface area (Å²) in [5, 5.41) is 5.23. The number of aryl methyl sites for hydroxylation is 1. The van der Waals surface area contributed by atoms with Gasteiger partial charge in [0, 0.05) is 31.2 Å². The summed E-state index contributed by atoms with van der Waals surface area (Å²) in [6, 6.07) is 23.3. The molecule has 0 aliphatic carbocycles. The Labute approximate surface area is 280 Å². The van der Waals surface area contributed by atoms with E-state index in [0.717, 1.165) is 50.0 Å². The van der Waals surface area contributed by atoms with Gasteiger partial charge in [0.05, 0.1) is 26.6 Å². The Balaban J connectivity index is 1.08. The lowest BCUT2D eigenvalue weighted by molar-refractivity contribution is 0.0607. The van der Waals surface area contributed by atoms with Gasteiger partial charge in [0.1, 0.15) is 10.7 Å². The number of nitrogens with two attached hydrogens (primary N) is 1. The molecule has 11 heteroatoms. The summed E-state index contributed by atoms with van der Waals surface area (Å²) in [5.74, 6) is 0.729. The molecule has 0 unspecified atom stereocenters. The predicted octanol–water partition coefficient (Wildman–Crippen LogP) is 6.73. The number of benzene rings is 3. The Morgan fingerprint density at radius 2 is 1.59 bits per heavy atom. The second-order valence-electron chi connectivity index (χ2n) is 13.2. The van der Waals surface area contributed by atoms with E-state index in [-0.39, 0.29) is 31.8 Å². The van der Waals surface area contributed by atoms with Crippen molar-refractivity contribution in [2.24, 2.45) is 5.14 Å². The minimum absolute atomic E-state index is 0.0116. The van der Waals surface area contributed by atoms with Crippen molar-refractivity contribution >= 4 is 50.2 Å². The number of amides is 1. The van der Waals surface area contributed by atoms with Gasteiger partial charge in [-0.3, -0.25) is 9.69 Å². The summed E-state index contributed by atoms with van der Waals surface area (Å²) in [4.78, 5) is 22.8. The van der Waals surface area contributed by atoms with Crippen molar-refractivity contribution in [2.45, 2.75) is 80.3 Å². The number of hydrogen-bond donors (Lipinski definition) is 1. The molecule has 0 spiro atoms. The van der Waals surface area contributed by atoms with E-state index in [4.69, 9.17) is 33.3 Å². The van der Waals surface area contributed by atoms with Crippen molar-refractivity contribution in [1.82, 2.24) is 19.4 Å². The van der Waals surface area contributed by atoms with Gasteiger partial charge >= 0.3 is 0 Å². The zero-order valence-electron chi connectivity index (χ0n) is 25.9. The molecule has 3 aliphatic rings. The summed E-state index contributed by atoms with van der Waals surface area (Å²) in [6.07, 6.45) is 7.32. The number of hydrogen-bond acceptors (Lipinski definition) is 5. The van der Waals surface area contributed by atoms with Crippen LogP contribution in [0.3, 0.4) is 0 Å². The molecule has 3 aliphatic heterocycles. The average Bonchev–Trinajstić information content (AvgIpc) is 3.50. The lowest BCUT2D eigenvalue weighted by Crippen LogP contribution is -2.49. The van der Waals surface area contributed by atoms with Gasteiger partial charge in [-0.15, -0.1) is 0 Å². The number of piperidine rings is 2. The van der Waals surface area contributed by atoms with Crippen LogP contribution in [0.1, 0.15) is 72.7 Å². The fourth-order valence-electron chi connectivity index (χ4n) is 8.51. The molecule has 4 heterocycles. The Morgan fingerprint density at radius 3 is 2.26 bits per heavy atom. The van der Waals surface area contributed by atoms with Gasteiger partial charge in [0.2, 0.25) is 10.0 Å². The molecule has 3 fully saturated rings. The van der Waals surface area contributed by atoms with Crippen LogP contribution >= 0.6 is 23.2 Å². The van der Waals surface area contributed by atoms with Gasteiger partial charge in [-0.1, -0.05) is 65.7 Å². The quantitative estimate of drug-likeness (QED) is 0.233. The van der Waals surface area contributed by atoms with Gasteiger partial charge in [-0.25, -0.2) is 18.5 Å². The monoisotopic (exact) mass is 679 g/mol. The molecule has 2 N–H and O–H groups in total. The molecule has 1 amide bonds. The van der Waals surface area contributed by atoms with Crippen molar-refractivity contribution in [3.8, 4) is 0 Å². The fourth-order valence-corrected chi connectivity index (χ4v) is 9.97. The van der Waals surface area contributed by atoms with Gasteiger partial charge in [0.25, 0.3) is 5.91 Å². The van der Waals surface area contributed by atoms with E-state index >= 15 is 0 Å². The number of carbonyl (C=O) groups excluding carboxylic acids is 1. The second kappa shape index (κ2) is 12.3. The van der Waals surface area contributed by atoms with E-state index in [1.807, 2.05) is 6.07 Å². The van der Waals surface area contributed by atoms with Crippen LogP contribution in [0.15, 0.2) is 71.6 Å². The van der Waals surface area contributed by atoms with Crippen LogP contribution < -0.4 is 5.14 Å². The number of aromatic nitrogens is 2. The minimum Gasteiger partial charge on any atom is -0.338 e. The summed E-state index contributed by atoms with van der Waals surface area (Å²) < 4.78 is 26.6. The van der Waals surface area contributed by atoms with E-state index in [1.54, 1.807) is 4.90 Å². The number of para-hydroxylation sites is 2. The Kier molecular flexibility index (Phi) is 8.43. The number of fused-ring (bicyclic) bond motifs is 3. The minimum atomic E-state index is -4.11. The lowest BCUT2D eigenvalue weighted by atomic mass is 9.70. The molecule has 0 saturated carbocycles. The van der Waals surface area contributed by atoms with Crippen LogP contribution in [0, 0.1) is 6.92 Å². The third kappa shape index (κ3) is 5.64. The van der Waals surface area contributed by atoms with Crippen LogP contribution in [0.25, 0.3) is 11.0 Å². The van der Waals surface area contributed by atoms with Crippen LogP contribution in [-0.4, -0.2) is 65.4 Å². The van der Waals surface area contributed by atoms with Crippen LogP contribution in [0.5, 0.6) is 0 Å². The Hall–Kier alpha value is -2.95. The van der Waals surface area contributed by atoms with Gasteiger partial charge in [-0.2, -0.15) is 0 Å². The molecular formula is C35H39Cl2N5O3S. The number of rotatable bonds is 7. The molecule has 4 aromatic rings. The molecular weight excluding hydrogens is 641 g/mol. The zero-order chi connectivity index (χ0) is 32.2. The largest absolute Gasteiger partial charge is 0.338 e. The van der Waals surface area contributed by atoms with E-state index in [9.17, 15) is 13.2 Å². The number of imidazole rings is 1. The third-order valence-corrected chi connectivity index (χ3v) is 12.6. The maximum absolute atomic E-state index is 13.7. The Morgan fingerprint density at radius 1 is 0.935 bits per heavy atom. The highest BCUT2D eigenvalue weighted by Gasteiger charge is 2.44. The van der Waals surface area contributed by atoms with Crippen molar-refractivity contribution in [1.29, 1.82) is 0 Å². The smallest absolute Gasteiger partial charge is 0.256 e. The maximum Gasteiger partial charge on any atom is 0.256 e. The SMILES string of the molecule is Cc1nc2ccccc2n1[C@H]1C[C@H]2CC[C@@H](C1)N2CCC1(c2ccccc2)CCN(C(=O)c2c(Cl)ccc(S(N)(=O)=O)c2Cl)CC1. The van der Waals surface area contributed by atoms with Gasteiger partial charge in [0.15, 0.2) is 0 Å². The first-order valence-corrected chi connectivity index (χ1v) is 18.4. The Bertz CT molecular complexity index is 1870. The number of sulfonamides is 1. The van der Waals surface area contributed by atoms with E-state index < -0.39 is 10.0 Å². The van der Waals surface area contributed by atoms with E-state index in [1.165, 1.54) is 36.1 Å². The summed E-state index contributed by atoms with van der Waals surface area (Å²) in [6.45, 7) is 4.18. The van der Waals surface area contributed by atoms with Crippen LogP contribution in [0.4, 0.5) is 0 Å². The first-order valence-electron chi connectivity index (χ1n) is 16.1. The molecule has 3 aromatic carbocycles. The van der Waals surface area contributed by atoms with E-state index in [2.05, 4.69) is 64.9 Å². The number of halogens is 2. The first-order chi connectivity index (χ1) is 22.1. The second-order valence-corrected chi connectivity index (χ2v) is 15.5. The third-order valence-electron chi connectivity index (χ3n) is 10.8. The van der Waals surface area contributed by atoms with Gasteiger partial charge < -0.3 is 9.47 Å². The first kappa shape index (κ1) is 31.6. The zero-order valence-corrected chi connectivity index (χ0v) is 28.2. The van der Waals surface area contributed by atoms with Crippen molar-refractivity contribution in [3.63, 3.8) is 0 Å². The maximum atomic E-state index is 13.7. The molecule has 242 valence electrons. The fraction of sp³-hybridized carbons (Fsp3) is 0.429. The molecule has 0 radical (unpaired) electrons. The number of nitrogens with zero attached hydrogens (tertiary/aromatic N) is 4. The van der Waals surface area contributed by atoms with Crippen LogP contribution in [-0.2, 0) is 15.4 Å². The van der Waals surface area contributed by atoms with Crippen LogP contribution in [0.2, 0.25) is 10.0 Å². The predicted molar refractivity (Wildman–Crippen MR) is 182 cm³/mol. The van der Waals surface area contributed by atoms with Gasteiger partial charge in [-0.05, 0) is 93.7 Å². The highest BCUT2D eigenvalue weighted by atomic mass is 35.5. The van der Waals surface area contributed by atoms with E-state index in [0.29, 0.717) is 31.2 Å². The van der Waals surface area contributed by atoms with Crippen molar-refractivity contribution in [3.05, 3.63) is 93.7 Å². The normalized spacial score (nSPS) is 23.2. The number of likely N-dealkylation sites (tertiary alicyclic amines) is 1. The summed E-state index contributed by atoms with van der Waals surface area (Å²) in [7, 11) is -4.11. The topological polar surface area (TPSA) is 102 Å². The average molecular weight is 681 g/mol. The molecule has 3 atom stereocenters. The molecule has 7 rings (SSSR count). The summed E-state index contributed by atoms with van der Waals surface area (Å²) in [5.41, 5.74) is 3.52. The highest BCUT2D eigenvalue weighted by Crippen LogP contribution is 2.45. The molecule has 1 aromatic heterocycles. The lowest BCUT2D eigenvalue weighted by Gasteiger charge is -2.45. The summed E-state index contributed by atoms with van der Waals surface area (Å²) >= 11 is 12.8. The molecule has 46 heavy (non-hydrogen) atoms. The molecule has 3 saturated heterocycles. The molecule has 2 bridgehead atoms. The number of primary sulfonamides is 1. The number of carbonyl (C=O) groups is 1.